The fourth-order valence-corrected chi connectivity index (χ4v) is 4.75. The first-order valence-electron chi connectivity index (χ1n) is 12.1. The molecule has 2 aromatic carbocycles. The van der Waals surface area contributed by atoms with Crippen molar-refractivity contribution in [3.05, 3.63) is 76.2 Å². The summed E-state index contributed by atoms with van der Waals surface area (Å²) >= 11 is 6.03. The van der Waals surface area contributed by atoms with E-state index in [2.05, 4.69) is 16.7 Å². The fourth-order valence-electron chi connectivity index (χ4n) is 4.62. The van der Waals surface area contributed by atoms with Gasteiger partial charge < -0.3 is 20.3 Å². The molecule has 37 heavy (non-hydrogen) atoms. The summed E-state index contributed by atoms with van der Waals surface area (Å²) in [6.07, 6.45) is 1.89. The Kier molecular flexibility index (Phi) is 12.6. The van der Waals surface area contributed by atoms with Gasteiger partial charge >= 0.3 is 0 Å². The molecule has 1 saturated heterocycles. The van der Waals surface area contributed by atoms with Crippen LogP contribution in [0.25, 0.3) is 0 Å². The molecule has 2 atom stereocenters. The minimum Gasteiger partial charge on any atom is -0.488 e. The van der Waals surface area contributed by atoms with E-state index in [1.807, 2.05) is 30.3 Å². The van der Waals surface area contributed by atoms with Crippen LogP contribution in [0.3, 0.4) is 0 Å². The third-order valence-corrected chi connectivity index (χ3v) is 6.86. The molecular weight excluding hydrogens is 567 g/mol. The molecule has 2 N–H and O–H groups in total. The zero-order valence-corrected chi connectivity index (χ0v) is 24.1. The number of ether oxygens (including phenoxy) is 1. The van der Waals surface area contributed by atoms with Crippen LogP contribution in [0.5, 0.6) is 0 Å². The van der Waals surface area contributed by atoms with Crippen LogP contribution in [0.15, 0.2) is 48.5 Å². The molecular formula is C28H35ClN3O4Y-. The molecule has 7 nitrogen and oxygen atoms in total. The molecule has 2 aromatic rings. The number of hydrogen-bond acceptors (Lipinski definition) is 5. The summed E-state index contributed by atoms with van der Waals surface area (Å²) in [7, 11) is 0. The summed E-state index contributed by atoms with van der Waals surface area (Å²) in [4.78, 5) is 40.5. The van der Waals surface area contributed by atoms with Crippen molar-refractivity contribution in [2.45, 2.75) is 58.7 Å². The van der Waals surface area contributed by atoms with Crippen LogP contribution >= 0.6 is 11.6 Å². The molecule has 0 saturated carbocycles. The van der Waals surface area contributed by atoms with Gasteiger partial charge in [0.2, 0.25) is 11.8 Å². The molecule has 197 valence electrons. The maximum Gasteiger partial charge on any atom is 0.245 e. The minimum absolute atomic E-state index is 0. The van der Waals surface area contributed by atoms with Crippen LogP contribution in [0, 0.1) is 5.92 Å². The van der Waals surface area contributed by atoms with Crippen molar-refractivity contribution < 1.29 is 51.8 Å². The SMILES string of the molecule is C.CCOC(=O)[C-]1CCN(C(=O)C(Cc2ccc(Cl)cc2)NC(=O)C2Cc3ccccc3CN2)CC1.[Y]. The predicted molar refractivity (Wildman–Crippen MR) is 140 cm³/mol. The molecule has 2 heterocycles. The summed E-state index contributed by atoms with van der Waals surface area (Å²) < 4.78 is 5.10. The Balaban J connectivity index is 0.00000241. The van der Waals surface area contributed by atoms with E-state index in [1.54, 1.807) is 24.0 Å². The van der Waals surface area contributed by atoms with Crippen molar-refractivity contribution in [2.24, 2.45) is 0 Å². The van der Waals surface area contributed by atoms with Crippen molar-refractivity contribution in [3.63, 3.8) is 0 Å². The van der Waals surface area contributed by atoms with Gasteiger partial charge in [-0.2, -0.15) is 0 Å². The number of esters is 1. The average Bonchev–Trinajstić information content (AvgIpc) is 2.89. The van der Waals surface area contributed by atoms with Crippen molar-refractivity contribution in [2.75, 3.05) is 19.7 Å². The monoisotopic (exact) mass is 601 g/mol. The third-order valence-electron chi connectivity index (χ3n) is 6.61. The van der Waals surface area contributed by atoms with Gasteiger partial charge in [0.15, 0.2) is 5.97 Å². The third kappa shape index (κ3) is 8.28. The van der Waals surface area contributed by atoms with E-state index in [9.17, 15) is 14.4 Å². The largest absolute Gasteiger partial charge is 0.488 e. The van der Waals surface area contributed by atoms with Gasteiger partial charge in [-0.15, -0.1) is 12.8 Å². The molecule has 0 aliphatic carbocycles. The number of carbonyl (C=O) groups excluding carboxylic acids is 3. The van der Waals surface area contributed by atoms with E-state index < -0.39 is 12.1 Å². The first kappa shape index (κ1) is 31.3. The quantitative estimate of drug-likeness (QED) is 0.375. The molecule has 2 amide bonds. The molecule has 1 radical (unpaired) electrons. The number of piperidine rings is 1. The fraction of sp³-hybridized carbons (Fsp3) is 0.429. The Morgan fingerprint density at radius 2 is 1.76 bits per heavy atom. The maximum absolute atomic E-state index is 13.5. The van der Waals surface area contributed by atoms with E-state index in [1.165, 1.54) is 5.56 Å². The van der Waals surface area contributed by atoms with Gasteiger partial charge in [-0.3, -0.25) is 20.3 Å². The second kappa shape index (κ2) is 14.9. The molecule has 1 fully saturated rings. The summed E-state index contributed by atoms with van der Waals surface area (Å²) in [5, 5.41) is 6.91. The Bertz CT molecular complexity index is 1060. The average molecular weight is 602 g/mol. The molecule has 9 heteroatoms. The number of benzene rings is 2. The van der Waals surface area contributed by atoms with Gasteiger partial charge in [0.05, 0.1) is 12.6 Å². The Hall–Kier alpha value is -1.93. The van der Waals surface area contributed by atoms with Gasteiger partial charge in [-0.25, -0.2) is 0 Å². The van der Waals surface area contributed by atoms with Crippen LogP contribution < -0.4 is 10.6 Å². The van der Waals surface area contributed by atoms with E-state index in [0.717, 1.165) is 11.1 Å². The molecule has 0 spiro atoms. The number of fused-ring (bicyclic) bond motifs is 1. The van der Waals surface area contributed by atoms with Crippen molar-refractivity contribution in [3.8, 4) is 0 Å². The van der Waals surface area contributed by atoms with E-state index in [-0.39, 0.29) is 57.9 Å². The van der Waals surface area contributed by atoms with Crippen LogP contribution in [0.2, 0.25) is 5.02 Å². The van der Waals surface area contributed by atoms with Crippen LogP contribution in [0.4, 0.5) is 0 Å². The molecule has 2 unspecified atom stereocenters. The standard InChI is InChI=1S/C27H31ClN3O4.CH4.Y/c1-2-35-27(34)19-11-13-31(14-12-19)26(33)24(15-18-7-9-22(28)10-8-18)30-25(32)23-16-20-5-3-4-6-21(20)17-29-23;;/h3-10,23-24,29H,2,11-17H2,1H3,(H,30,32);1H4;/q-1;;. The summed E-state index contributed by atoms with van der Waals surface area (Å²) in [6, 6.07) is 14.2. The van der Waals surface area contributed by atoms with E-state index in [0.29, 0.717) is 62.9 Å². The molecule has 2 aliphatic heterocycles. The molecule has 0 bridgehead atoms. The topological polar surface area (TPSA) is 87.7 Å². The van der Waals surface area contributed by atoms with Gasteiger partial charge in [0.25, 0.3) is 0 Å². The van der Waals surface area contributed by atoms with Crippen LogP contribution in [-0.2, 0) is 71.2 Å². The zero-order valence-electron chi connectivity index (χ0n) is 20.5. The van der Waals surface area contributed by atoms with Gasteiger partial charge in [0.1, 0.15) is 6.04 Å². The van der Waals surface area contributed by atoms with Crippen molar-refractivity contribution >= 4 is 29.4 Å². The first-order valence-corrected chi connectivity index (χ1v) is 12.5. The minimum atomic E-state index is -0.716. The number of nitrogens with zero attached hydrogens (tertiary/aromatic N) is 1. The number of carbonyl (C=O) groups is 3. The normalized spacial score (nSPS) is 17.4. The second-order valence-corrected chi connectivity index (χ2v) is 9.38. The molecule has 4 rings (SSSR count). The summed E-state index contributed by atoms with van der Waals surface area (Å²) in [6.45, 7) is 3.58. The Labute approximate surface area is 249 Å². The van der Waals surface area contributed by atoms with Crippen LogP contribution in [0.1, 0.15) is 43.9 Å². The molecule has 0 aromatic heterocycles. The Morgan fingerprint density at radius 1 is 1.11 bits per heavy atom. The Morgan fingerprint density at radius 3 is 2.41 bits per heavy atom. The number of halogens is 1. The zero-order chi connectivity index (χ0) is 24.8. The number of likely N-dealkylation sites (tertiary alicyclic amines) is 1. The predicted octanol–water partition coefficient (Wildman–Crippen LogP) is 3.48. The second-order valence-electron chi connectivity index (χ2n) is 8.95. The first-order chi connectivity index (χ1) is 16.9. The van der Waals surface area contributed by atoms with Gasteiger partial charge in [-0.05, 0) is 55.3 Å². The molecule has 2 aliphatic rings. The number of hydrogen-bond donors (Lipinski definition) is 2. The van der Waals surface area contributed by atoms with Crippen molar-refractivity contribution in [1.29, 1.82) is 0 Å². The van der Waals surface area contributed by atoms with Gasteiger partial charge in [-0.1, -0.05) is 55.4 Å². The number of rotatable bonds is 7. The van der Waals surface area contributed by atoms with E-state index in [4.69, 9.17) is 16.3 Å². The van der Waals surface area contributed by atoms with Crippen LogP contribution in [-0.4, -0.2) is 54.5 Å². The van der Waals surface area contributed by atoms with Gasteiger partial charge in [0, 0.05) is 50.7 Å². The smallest absolute Gasteiger partial charge is 0.245 e. The summed E-state index contributed by atoms with van der Waals surface area (Å²) in [5.41, 5.74) is 3.24. The number of amides is 2. The van der Waals surface area contributed by atoms with E-state index >= 15 is 0 Å². The van der Waals surface area contributed by atoms with Crippen molar-refractivity contribution in [1.82, 2.24) is 15.5 Å². The number of nitrogens with one attached hydrogen (secondary N) is 2. The maximum atomic E-state index is 13.5. The summed E-state index contributed by atoms with van der Waals surface area (Å²) in [5.74, 6) is 0.0866.